The van der Waals surface area contributed by atoms with E-state index in [0.717, 1.165) is 72.6 Å². The second kappa shape index (κ2) is 19.7. The summed E-state index contributed by atoms with van der Waals surface area (Å²) < 4.78 is 32.3. The van der Waals surface area contributed by atoms with Gasteiger partial charge in [0.25, 0.3) is 0 Å². The summed E-state index contributed by atoms with van der Waals surface area (Å²) in [5.41, 5.74) is 2.61. The van der Waals surface area contributed by atoms with Gasteiger partial charge < -0.3 is 43.6 Å². The second-order valence-electron chi connectivity index (χ2n) is 15.7. The minimum atomic E-state index is -1.39. The van der Waals surface area contributed by atoms with Crippen molar-refractivity contribution in [1.29, 1.82) is 0 Å². The molecule has 0 radical (unpaired) electrons. The van der Waals surface area contributed by atoms with Gasteiger partial charge in [0.1, 0.15) is 29.9 Å². The first-order valence-electron chi connectivity index (χ1n) is 20.9. The largest absolute Gasteiger partial charge is 0.459 e. The van der Waals surface area contributed by atoms with Gasteiger partial charge in [0.2, 0.25) is 12.1 Å². The first-order valence-corrected chi connectivity index (χ1v) is 21.4. The Hall–Kier alpha value is -4.13. The highest BCUT2D eigenvalue weighted by atomic mass is 35.5. The number of halogens is 1. The van der Waals surface area contributed by atoms with E-state index in [2.05, 4.69) is 36.9 Å². The van der Waals surface area contributed by atoms with Crippen LogP contribution in [0.4, 0.5) is 4.79 Å². The lowest BCUT2D eigenvalue weighted by atomic mass is 9.55. The van der Waals surface area contributed by atoms with Crippen molar-refractivity contribution in [2.45, 2.75) is 88.2 Å². The van der Waals surface area contributed by atoms with Gasteiger partial charge >= 0.3 is 6.09 Å². The number of aliphatic hydroxyl groups excluding tert-OH is 2. The Kier molecular flexibility index (Phi) is 14.3. The number of nitrogens with zero attached hydrogens (tertiary/aromatic N) is 2. The fourth-order valence-electron chi connectivity index (χ4n) is 9.43. The van der Waals surface area contributed by atoms with Crippen LogP contribution in [0, 0.1) is 17.8 Å². The van der Waals surface area contributed by atoms with E-state index in [1.807, 2.05) is 36.4 Å². The maximum Gasteiger partial charge on any atom is 0.410 e. The van der Waals surface area contributed by atoms with Crippen LogP contribution in [-0.2, 0) is 19.0 Å². The molecule has 12 heteroatoms. The zero-order valence-corrected chi connectivity index (χ0v) is 34.2. The van der Waals surface area contributed by atoms with Gasteiger partial charge in [-0.1, -0.05) is 60.5 Å². The molecule has 7 atom stereocenters. The summed E-state index contributed by atoms with van der Waals surface area (Å²) in [6.45, 7) is 5.02. The molecule has 1 amide bonds. The molecule has 7 rings (SSSR count). The van der Waals surface area contributed by atoms with Gasteiger partial charge in [0.15, 0.2) is 0 Å². The molecule has 2 N–H and O–H groups in total. The summed E-state index contributed by atoms with van der Waals surface area (Å²) >= 11 is 5.97. The molecule has 2 aliphatic carbocycles. The van der Waals surface area contributed by atoms with Crippen LogP contribution in [0.5, 0.6) is 17.2 Å². The molecule has 11 nitrogen and oxygen atoms in total. The SMILES string of the molecule is C=CCO[C@@]12Oc3ccc(Oc4ccc5ccccc5c4)cc3[C@H]3[C@H](CCCCO)[C@@H](CCCCO)C=C(C(=NOC4CCCCO4)C[C@@H]1N(C)C(=O)OCCCl)[C@H]32. The molecule has 58 heavy (non-hydrogen) atoms. The molecule has 1 saturated heterocycles. The molecule has 0 bridgehead atoms. The van der Waals surface area contributed by atoms with Crippen molar-refractivity contribution in [3.05, 3.63) is 90.5 Å². The van der Waals surface area contributed by atoms with E-state index >= 15 is 0 Å². The van der Waals surface area contributed by atoms with Crippen molar-refractivity contribution in [2.24, 2.45) is 22.9 Å². The van der Waals surface area contributed by atoms with Gasteiger partial charge in [-0.2, -0.15) is 0 Å². The molecule has 4 aliphatic rings. The minimum Gasteiger partial charge on any atom is -0.459 e. The fourth-order valence-corrected chi connectivity index (χ4v) is 9.51. The standard InChI is InChI=1S/C46H57ClN2O9/c1-3-24-55-46-41(49(2)45(52)54-26-21-47)30-39(48-58-42-16-8-11-25-53-42)37-28-33(14-6-9-22-50)36(15-7-10-23-51)43(44(37)46)38-29-35(19-20-40(38)57-46)56-34-18-17-31-12-4-5-13-32(31)27-34/h3-5,12-13,17-20,27-29,33,36,41-44,50-51H,1,6-11,14-16,21-26,30H2,2H3/t33-,36+,41-,42?,43+,44+,46+/m0/s1. The Morgan fingerprint density at radius 3 is 2.55 bits per heavy atom. The van der Waals surface area contributed by atoms with Gasteiger partial charge in [-0.25, -0.2) is 4.79 Å². The molecule has 0 spiro atoms. The van der Waals surface area contributed by atoms with E-state index in [1.165, 1.54) is 0 Å². The number of ether oxygens (including phenoxy) is 5. The number of fused-ring (bicyclic) bond motifs is 3. The van der Waals surface area contributed by atoms with Crippen LogP contribution < -0.4 is 9.47 Å². The van der Waals surface area contributed by atoms with E-state index in [0.29, 0.717) is 36.7 Å². The summed E-state index contributed by atoms with van der Waals surface area (Å²) in [4.78, 5) is 21.5. The average molecular weight is 817 g/mol. The number of unbranched alkanes of at least 4 members (excludes halogenated alkanes) is 2. The van der Waals surface area contributed by atoms with Crippen molar-refractivity contribution in [2.75, 3.05) is 46.0 Å². The summed E-state index contributed by atoms with van der Waals surface area (Å²) in [5.74, 6) is 0.295. The predicted octanol–water partition coefficient (Wildman–Crippen LogP) is 9.10. The highest BCUT2D eigenvalue weighted by molar-refractivity contribution is 6.18. The smallest absolute Gasteiger partial charge is 0.410 e. The number of oxime groups is 1. The van der Waals surface area contributed by atoms with Gasteiger partial charge in [0, 0.05) is 44.6 Å². The number of hydrogen-bond acceptors (Lipinski definition) is 10. The zero-order chi connectivity index (χ0) is 40.5. The summed E-state index contributed by atoms with van der Waals surface area (Å²) in [5, 5.41) is 26.9. The topological polar surface area (TPSA) is 129 Å². The number of alkyl halides is 1. The van der Waals surface area contributed by atoms with E-state index in [-0.39, 0.29) is 56.5 Å². The number of benzene rings is 3. The molecule has 1 unspecified atom stereocenters. The maximum atomic E-state index is 13.8. The van der Waals surface area contributed by atoms with Crippen molar-refractivity contribution in [3.63, 3.8) is 0 Å². The molecular formula is C46H57ClN2O9. The van der Waals surface area contributed by atoms with Crippen LogP contribution in [0.15, 0.2) is 90.1 Å². The summed E-state index contributed by atoms with van der Waals surface area (Å²) in [7, 11) is 1.70. The third-order valence-corrected chi connectivity index (χ3v) is 12.2. The van der Waals surface area contributed by atoms with Gasteiger partial charge in [-0.05, 0) is 97.0 Å². The van der Waals surface area contributed by atoms with E-state index in [4.69, 9.17) is 45.3 Å². The number of amides is 1. The van der Waals surface area contributed by atoms with Crippen LogP contribution in [0.2, 0.25) is 0 Å². The van der Waals surface area contributed by atoms with Crippen LogP contribution in [0.3, 0.4) is 0 Å². The Balaban J connectivity index is 1.40. The molecule has 0 aromatic heterocycles. The van der Waals surface area contributed by atoms with Crippen LogP contribution in [0.25, 0.3) is 10.8 Å². The monoisotopic (exact) mass is 816 g/mol. The van der Waals surface area contributed by atoms with E-state index in [1.54, 1.807) is 18.0 Å². The lowest BCUT2D eigenvalue weighted by Gasteiger charge is -2.59. The molecule has 312 valence electrons. The van der Waals surface area contributed by atoms with Gasteiger partial charge in [-0.3, -0.25) is 0 Å². The van der Waals surface area contributed by atoms with Crippen LogP contribution in [0.1, 0.15) is 75.7 Å². The Morgan fingerprint density at radius 1 is 1.02 bits per heavy atom. The quantitative estimate of drug-likeness (QED) is 0.0559. The fraction of sp³-hybridized carbons (Fsp3) is 0.522. The first kappa shape index (κ1) is 42.0. The highest BCUT2D eigenvalue weighted by Gasteiger charge is 2.65. The molecule has 2 heterocycles. The first-order chi connectivity index (χ1) is 28.4. The number of allylic oxidation sites excluding steroid dienone is 1. The van der Waals surface area contributed by atoms with Crippen molar-refractivity contribution in [3.8, 4) is 17.2 Å². The molecule has 3 aromatic carbocycles. The third kappa shape index (κ3) is 9.04. The van der Waals surface area contributed by atoms with E-state index < -0.39 is 30.1 Å². The minimum absolute atomic E-state index is 0.0460. The second-order valence-corrected chi connectivity index (χ2v) is 16.1. The highest BCUT2D eigenvalue weighted by Crippen LogP contribution is 2.62. The zero-order valence-electron chi connectivity index (χ0n) is 33.4. The van der Waals surface area contributed by atoms with Crippen molar-refractivity contribution < 1.29 is 43.5 Å². The number of carbonyl (C=O) groups excluding carboxylic acids is 1. The predicted molar refractivity (Wildman–Crippen MR) is 223 cm³/mol. The summed E-state index contributed by atoms with van der Waals surface area (Å²) in [6.07, 6.45) is 10.6. The Morgan fingerprint density at radius 2 is 1.79 bits per heavy atom. The van der Waals surface area contributed by atoms with Crippen molar-refractivity contribution >= 4 is 34.2 Å². The number of rotatable bonds is 18. The number of likely N-dealkylation sites (N-methyl/N-ethyl adjacent to an activating group) is 1. The third-order valence-electron chi connectivity index (χ3n) is 12.1. The van der Waals surface area contributed by atoms with Crippen LogP contribution in [-0.4, -0.2) is 91.0 Å². The normalized spacial score (nSPS) is 26.8. The molecular weight excluding hydrogens is 760 g/mol. The van der Waals surface area contributed by atoms with Gasteiger partial charge in [0.05, 0.1) is 30.7 Å². The summed E-state index contributed by atoms with van der Waals surface area (Å²) in [6, 6.07) is 19.5. The maximum absolute atomic E-state index is 13.8. The van der Waals surface area contributed by atoms with Crippen LogP contribution >= 0.6 is 11.6 Å². The molecule has 2 fully saturated rings. The lowest BCUT2D eigenvalue weighted by molar-refractivity contribution is -0.254. The lowest BCUT2D eigenvalue weighted by Crippen LogP contribution is -2.69. The Labute approximate surface area is 346 Å². The molecule has 1 saturated carbocycles. The number of carbonyl (C=O) groups is 1. The van der Waals surface area contributed by atoms with Crippen molar-refractivity contribution in [1.82, 2.24) is 4.90 Å². The number of aliphatic hydroxyl groups is 2. The van der Waals surface area contributed by atoms with E-state index in [9.17, 15) is 15.0 Å². The average Bonchev–Trinajstić information content (AvgIpc) is 3.25. The molecule has 3 aromatic rings. The number of hydrogen-bond donors (Lipinski definition) is 2. The van der Waals surface area contributed by atoms with Gasteiger partial charge in [-0.15, -0.1) is 18.2 Å². The Bertz CT molecular complexity index is 1930. The molecule has 2 aliphatic heterocycles.